The molecule has 1 amide bonds. The second-order valence-electron chi connectivity index (χ2n) is 8.39. The van der Waals surface area contributed by atoms with Gasteiger partial charge in [-0.05, 0) is 47.4 Å². The highest BCUT2D eigenvalue weighted by Crippen LogP contribution is 2.29. The molecule has 3 aromatic rings. The molecule has 0 aromatic heterocycles. The van der Waals surface area contributed by atoms with Crippen LogP contribution in [0.2, 0.25) is 0 Å². The standard InChI is InChI=1S/C28H31FN2O4.ClH/c1-33-26-19-21(10-11-25(26)35-20-22-6-5-9-24(29)18-22)12-13-30-27(23-7-3-2-4-8-23)28(32)31-14-16-34-17-15-31;/h2-11,18-19,27,30H,12-17,20H2,1H3;1H. The molecule has 1 aliphatic heterocycles. The smallest absolute Gasteiger partial charge is 0.244 e. The van der Waals surface area contributed by atoms with Gasteiger partial charge in [0.1, 0.15) is 18.5 Å². The fourth-order valence-corrected chi connectivity index (χ4v) is 4.09. The van der Waals surface area contributed by atoms with Gasteiger partial charge in [-0.2, -0.15) is 0 Å². The molecular formula is C28H32ClFN2O4. The first-order chi connectivity index (χ1) is 17.1. The zero-order chi connectivity index (χ0) is 24.5. The largest absolute Gasteiger partial charge is 0.493 e. The van der Waals surface area contributed by atoms with Crippen LogP contribution in [-0.2, 0) is 22.6 Å². The molecule has 0 radical (unpaired) electrons. The average Bonchev–Trinajstić information content (AvgIpc) is 2.91. The number of nitrogens with zero attached hydrogens (tertiary/aromatic N) is 1. The van der Waals surface area contributed by atoms with Crippen LogP contribution in [0.3, 0.4) is 0 Å². The van der Waals surface area contributed by atoms with Crippen LogP contribution in [0.25, 0.3) is 0 Å². The first kappa shape index (κ1) is 27.5. The van der Waals surface area contributed by atoms with E-state index in [-0.39, 0.29) is 30.7 Å². The van der Waals surface area contributed by atoms with Crippen molar-refractivity contribution in [2.24, 2.45) is 0 Å². The lowest BCUT2D eigenvalue weighted by molar-refractivity contribution is -0.137. The van der Waals surface area contributed by atoms with Crippen molar-refractivity contribution >= 4 is 18.3 Å². The number of amides is 1. The van der Waals surface area contributed by atoms with Crippen LogP contribution in [-0.4, -0.2) is 50.8 Å². The Morgan fingerprint density at radius 2 is 1.78 bits per heavy atom. The van der Waals surface area contributed by atoms with E-state index in [1.807, 2.05) is 59.5 Å². The summed E-state index contributed by atoms with van der Waals surface area (Å²) in [5.41, 5.74) is 2.75. The summed E-state index contributed by atoms with van der Waals surface area (Å²) in [6, 6.07) is 21.5. The molecule has 6 nitrogen and oxygen atoms in total. The molecule has 36 heavy (non-hydrogen) atoms. The molecule has 1 atom stereocenters. The normalized spacial score (nSPS) is 14.0. The van der Waals surface area contributed by atoms with Crippen molar-refractivity contribution in [3.05, 3.63) is 95.3 Å². The monoisotopic (exact) mass is 514 g/mol. The van der Waals surface area contributed by atoms with Gasteiger partial charge in [0.25, 0.3) is 0 Å². The van der Waals surface area contributed by atoms with Gasteiger partial charge < -0.3 is 24.4 Å². The summed E-state index contributed by atoms with van der Waals surface area (Å²) in [4.78, 5) is 15.1. The third-order valence-electron chi connectivity index (χ3n) is 5.98. The van der Waals surface area contributed by atoms with E-state index in [1.165, 1.54) is 12.1 Å². The van der Waals surface area contributed by atoms with Gasteiger partial charge in [0, 0.05) is 19.6 Å². The maximum atomic E-state index is 13.4. The molecular weight excluding hydrogens is 483 g/mol. The minimum absolute atomic E-state index is 0. The van der Waals surface area contributed by atoms with Gasteiger partial charge >= 0.3 is 0 Å². The van der Waals surface area contributed by atoms with Gasteiger partial charge in [-0.15, -0.1) is 12.4 Å². The minimum atomic E-state index is -0.412. The summed E-state index contributed by atoms with van der Waals surface area (Å²) in [5.74, 6) is 0.987. The Bertz CT molecular complexity index is 1110. The van der Waals surface area contributed by atoms with Crippen LogP contribution < -0.4 is 14.8 Å². The lowest BCUT2D eigenvalue weighted by Crippen LogP contribution is -2.46. The van der Waals surface area contributed by atoms with Crippen molar-refractivity contribution < 1.29 is 23.4 Å². The molecule has 3 aromatic carbocycles. The van der Waals surface area contributed by atoms with E-state index >= 15 is 0 Å². The first-order valence-electron chi connectivity index (χ1n) is 11.8. The van der Waals surface area contributed by atoms with Gasteiger partial charge in [-0.25, -0.2) is 4.39 Å². The summed E-state index contributed by atoms with van der Waals surface area (Å²) >= 11 is 0. The predicted molar refractivity (Wildman–Crippen MR) is 139 cm³/mol. The van der Waals surface area contributed by atoms with Crippen LogP contribution >= 0.6 is 12.4 Å². The summed E-state index contributed by atoms with van der Waals surface area (Å²) < 4.78 is 30.2. The first-order valence-corrected chi connectivity index (χ1v) is 11.8. The van der Waals surface area contributed by atoms with Gasteiger partial charge in [0.05, 0.1) is 20.3 Å². The second kappa shape index (κ2) is 13.8. The number of morpholine rings is 1. The van der Waals surface area contributed by atoms with Crippen LogP contribution in [0, 0.1) is 5.82 Å². The number of nitrogens with one attached hydrogen (secondary N) is 1. The number of carbonyl (C=O) groups is 1. The number of carbonyl (C=O) groups excluding carboxylic acids is 1. The summed E-state index contributed by atoms with van der Waals surface area (Å²) in [5, 5.41) is 3.45. The summed E-state index contributed by atoms with van der Waals surface area (Å²) in [6.07, 6.45) is 0.709. The van der Waals surface area contributed by atoms with E-state index in [1.54, 1.807) is 13.2 Å². The molecule has 0 saturated carbocycles. The highest BCUT2D eigenvalue weighted by atomic mass is 35.5. The van der Waals surface area contributed by atoms with E-state index in [2.05, 4.69) is 5.32 Å². The Morgan fingerprint density at radius 3 is 2.50 bits per heavy atom. The van der Waals surface area contributed by atoms with Crippen molar-refractivity contribution in [2.45, 2.75) is 19.1 Å². The van der Waals surface area contributed by atoms with Crippen molar-refractivity contribution in [2.75, 3.05) is 40.0 Å². The highest BCUT2D eigenvalue weighted by Gasteiger charge is 2.26. The molecule has 8 heteroatoms. The van der Waals surface area contributed by atoms with Gasteiger partial charge in [0.2, 0.25) is 5.91 Å². The van der Waals surface area contributed by atoms with Crippen molar-refractivity contribution in [1.29, 1.82) is 0 Å². The van der Waals surface area contributed by atoms with Gasteiger partial charge in [-0.1, -0.05) is 48.5 Å². The fourth-order valence-electron chi connectivity index (χ4n) is 4.09. The van der Waals surface area contributed by atoms with Crippen molar-refractivity contribution in [3.8, 4) is 11.5 Å². The van der Waals surface area contributed by atoms with Crippen LogP contribution in [0.5, 0.6) is 11.5 Å². The Hall–Kier alpha value is -3.13. The van der Waals surface area contributed by atoms with Crippen LogP contribution in [0.1, 0.15) is 22.7 Å². The zero-order valence-corrected chi connectivity index (χ0v) is 21.1. The lowest BCUT2D eigenvalue weighted by Gasteiger charge is -2.31. The maximum Gasteiger partial charge on any atom is 0.244 e. The molecule has 1 unspecified atom stereocenters. The highest BCUT2D eigenvalue weighted by molar-refractivity contribution is 5.85. The van der Waals surface area contributed by atoms with Crippen molar-refractivity contribution in [1.82, 2.24) is 10.2 Å². The number of benzene rings is 3. The molecule has 1 aliphatic rings. The van der Waals surface area contributed by atoms with Gasteiger partial charge in [-0.3, -0.25) is 4.79 Å². The molecule has 1 heterocycles. The molecule has 4 rings (SSSR count). The molecule has 0 spiro atoms. The van der Waals surface area contributed by atoms with Crippen molar-refractivity contribution in [3.63, 3.8) is 0 Å². The summed E-state index contributed by atoms with van der Waals surface area (Å²) in [7, 11) is 1.60. The van der Waals surface area contributed by atoms with E-state index in [0.717, 1.165) is 16.7 Å². The van der Waals surface area contributed by atoms with Crippen LogP contribution in [0.15, 0.2) is 72.8 Å². The number of rotatable bonds is 10. The fraction of sp³-hybridized carbons (Fsp3) is 0.321. The minimum Gasteiger partial charge on any atom is -0.493 e. The third-order valence-corrected chi connectivity index (χ3v) is 5.98. The second-order valence-corrected chi connectivity index (χ2v) is 8.39. The number of methoxy groups -OCH3 is 1. The average molecular weight is 515 g/mol. The predicted octanol–water partition coefficient (Wildman–Crippen LogP) is 4.57. The van der Waals surface area contributed by atoms with E-state index in [9.17, 15) is 9.18 Å². The third kappa shape index (κ3) is 7.43. The summed E-state index contributed by atoms with van der Waals surface area (Å²) in [6.45, 7) is 3.22. The van der Waals surface area contributed by atoms with E-state index < -0.39 is 6.04 Å². The quantitative estimate of drug-likeness (QED) is 0.429. The molecule has 0 aliphatic carbocycles. The molecule has 192 valence electrons. The topological polar surface area (TPSA) is 60.0 Å². The Kier molecular flexibility index (Phi) is 10.5. The Balaban J connectivity index is 0.00000361. The molecule has 1 N–H and O–H groups in total. The molecule has 0 bridgehead atoms. The SMILES string of the molecule is COc1cc(CCNC(C(=O)N2CCOCC2)c2ccccc2)ccc1OCc1cccc(F)c1.Cl. The zero-order valence-electron chi connectivity index (χ0n) is 20.3. The molecule has 1 saturated heterocycles. The maximum absolute atomic E-state index is 13.4. The molecule has 1 fully saturated rings. The number of hydrogen-bond acceptors (Lipinski definition) is 5. The lowest BCUT2D eigenvalue weighted by atomic mass is 10.0. The van der Waals surface area contributed by atoms with Gasteiger partial charge in [0.15, 0.2) is 11.5 Å². The number of halogens is 2. The number of ether oxygens (including phenoxy) is 3. The van der Waals surface area contributed by atoms with E-state index in [4.69, 9.17) is 14.2 Å². The van der Waals surface area contributed by atoms with E-state index in [0.29, 0.717) is 50.8 Å². The Labute approximate surface area is 217 Å². The number of hydrogen-bond donors (Lipinski definition) is 1. The van der Waals surface area contributed by atoms with Crippen LogP contribution in [0.4, 0.5) is 4.39 Å². The Morgan fingerprint density at radius 1 is 1.00 bits per heavy atom.